The van der Waals surface area contributed by atoms with Gasteiger partial charge in [-0.15, -0.1) is 0 Å². The van der Waals surface area contributed by atoms with E-state index in [1.165, 1.54) is 0 Å². The lowest BCUT2D eigenvalue weighted by Crippen LogP contribution is -2.38. The first-order chi connectivity index (χ1) is 11.6. The van der Waals surface area contributed by atoms with Gasteiger partial charge in [-0.2, -0.15) is 5.26 Å². The van der Waals surface area contributed by atoms with Crippen LogP contribution in [0, 0.1) is 23.0 Å². The number of amides is 1. The van der Waals surface area contributed by atoms with Gasteiger partial charge >= 0.3 is 6.09 Å². The molecule has 1 unspecified atom stereocenters. The molecule has 0 heterocycles. The zero-order valence-electron chi connectivity index (χ0n) is 12.5. The monoisotopic (exact) mass is 332 g/mol. The number of halogens is 2. The minimum absolute atomic E-state index is 0.0538. The summed E-state index contributed by atoms with van der Waals surface area (Å²) in [6, 6.07) is 12.6. The van der Waals surface area contributed by atoms with Gasteiger partial charge in [0.2, 0.25) is 0 Å². The third-order valence-electron chi connectivity index (χ3n) is 2.96. The van der Waals surface area contributed by atoms with Gasteiger partial charge in [-0.1, -0.05) is 30.3 Å². The summed E-state index contributed by atoms with van der Waals surface area (Å²) >= 11 is 0. The van der Waals surface area contributed by atoms with Crippen molar-refractivity contribution in [3.8, 4) is 11.8 Å². The van der Waals surface area contributed by atoms with Gasteiger partial charge in [0, 0.05) is 6.07 Å². The molecule has 0 bridgehead atoms. The molecule has 0 fully saturated rings. The molecular weight excluding hydrogens is 318 g/mol. The number of nitrogens with one attached hydrogen (secondary N) is 1. The lowest BCUT2D eigenvalue weighted by molar-refractivity contribution is 0.134. The van der Waals surface area contributed by atoms with E-state index in [1.54, 1.807) is 30.3 Å². The molecule has 2 aromatic carbocycles. The number of benzene rings is 2. The summed E-state index contributed by atoms with van der Waals surface area (Å²) in [5.74, 6) is -1.84. The maximum atomic E-state index is 13.4. The highest BCUT2D eigenvalue weighted by atomic mass is 19.1. The molecule has 5 nitrogen and oxygen atoms in total. The zero-order valence-corrected chi connectivity index (χ0v) is 12.5. The third-order valence-corrected chi connectivity index (χ3v) is 2.96. The molecule has 124 valence electrons. The van der Waals surface area contributed by atoms with Crippen molar-refractivity contribution < 1.29 is 23.0 Å². The number of nitriles is 1. The van der Waals surface area contributed by atoms with E-state index < -0.39 is 23.8 Å². The van der Waals surface area contributed by atoms with Gasteiger partial charge in [0.05, 0.1) is 6.07 Å². The lowest BCUT2D eigenvalue weighted by Gasteiger charge is -2.13. The standard InChI is InChI=1S/C17H14F2N2O3/c18-13-6-7-16(15(19)8-13)23-11-14(9-20)21-17(22)24-10-12-4-2-1-3-5-12/h1-8,14H,10-11H2,(H,21,22). The number of nitrogens with zero attached hydrogens (tertiary/aromatic N) is 1. The van der Waals surface area contributed by atoms with Crippen LogP contribution in [0.25, 0.3) is 0 Å². The van der Waals surface area contributed by atoms with Crippen LogP contribution < -0.4 is 10.1 Å². The fourth-order valence-electron chi connectivity index (χ4n) is 1.78. The van der Waals surface area contributed by atoms with Crippen LogP contribution in [0.4, 0.5) is 13.6 Å². The summed E-state index contributed by atoms with van der Waals surface area (Å²) in [5, 5.41) is 11.3. The largest absolute Gasteiger partial charge is 0.487 e. The molecule has 1 amide bonds. The van der Waals surface area contributed by atoms with Gasteiger partial charge in [0.1, 0.15) is 19.0 Å². The molecule has 2 rings (SSSR count). The zero-order chi connectivity index (χ0) is 17.4. The molecule has 1 atom stereocenters. The third kappa shape index (κ3) is 5.25. The van der Waals surface area contributed by atoms with E-state index in [0.717, 1.165) is 17.7 Å². The van der Waals surface area contributed by atoms with E-state index >= 15 is 0 Å². The minimum atomic E-state index is -1.04. The summed E-state index contributed by atoms with van der Waals surface area (Å²) in [7, 11) is 0. The first kappa shape index (κ1) is 17.2. The van der Waals surface area contributed by atoms with Crippen molar-refractivity contribution in [3.05, 3.63) is 65.7 Å². The Hall–Kier alpha value is -3.14. The van der Waals surface area contributed by atoms with Gasteiger partial charge in [0.15, 0.2) is 17.6 Å². The molecular formula is C17H14F2N2O3. The van der Waals surface area contributed by atoms with Crippen molar-refractivity contribution in [1.29, 1.82) is 5.26 Å². The average molecular weight is 332 g/mol. The van der Waals surface area contributed by atoms with Crippen LogP contribution in [-0.2, 0) is 11.3 Å². The van der Waals surface area contributed by atoms with Crippen LogP contribution >= 0.6 is 0 Å². The fourth-order valence-corrected chi connectivity index (χ4v) is 1.78. The minimum Gasteiger partial charge on any atom is -0.487 e. The Morgan fingerprint density at radius 1 is 1.21 bits per heavy atom. The summed E-state index contributed by atoms with van der Waals surface area (Å²) in [4.78, 5) is 11.6. The fraction of sp³-hybridized carbons (Fsp3) is 0.176. The maximum Gasteiger partial charge on any atom is 0.408 e. The Kier molecular flexibility index (Phi) is 6.08. The van der Waals surface area contributed by atoms with Crippen molar-refractivity contribution in [2.75, 3.05) is 6.61 Å². The molecule has 0 aromatic heterocycles. The van der Waals surface area contributed by atoms with Crippen LogP contribution in [0.3, 0.4) is 0 Å². The molecule has 0 aliphatic carbocycles. The normalized spacial score (nSPS) is 11.2. The number of alkyl carbamates (subject to hydrolysis) is 1. The molecule has 0 radical (unpaired) electrons. The van der Waals surface area contributed by atoms with Crippen LogP contribution in [0.15, 0.2) is 48.5 Å². The summed E-state index contributed by atoms with van der Waals surface area (Å²) in [6.45, 7) is -0.252. The van der Waals surface area contributed by atoms with Crippen molar-refractivity contribution >= 4 is 6.09 Å². The molecule has 24 heavy (non-hydrogen) atoms. The predicted molar refractivity (Wildman–Crippen MR) is 81.0 cm³/mol. The van der Waals surface area contributed by atoms with Crippen LogP contribution in [0.5, 0.6) is 5.75 Å². The van der Waals surface area contributed by atoms with Gasteiger partial charge < -0.3 is 14.8 Å². The topological polar surface area (TPSA) is 71.3 Å². The second kappa shape index (κ2) is 8.48. The van der Waals surface area contributed by atoms with E-state index in [9.17, 15) is 13.6 Å². The molecule has 0 aliphatic heterocycles. The quantitative estimate of drug-likeness (QED) is 0.882. The second-order valence-corrected chi connectivity index (χ2v) is 4.77. The van der Waals surface area contributed by atoms with Gasteiger partial charge in [-0.25, -0.2) is 13.6 Å². The Morgan fingerprint density at radius 3 is 2.62 bits per heavy atom. The summed E-state index contributed by atoms with van der Waals surface area (Å²) in [5.41, 5.74) is 0.797. The Morgan fingerprint density at radius 2 is 1.96 bits per heavy atom. The highest BCUT2D eigenvalue weighted by Crippen LogP contribution is 2.17. The van der Waals surface area contributed by atoms with Gasteiger partial charge in [0.25, 0.3) is 0 Å². The molecule has 7 heteroatoms. The Bertz CT molecular complexity index is 732. The molecule has 2 aromatic rings. The van der Waals surface area contributed by atoms with E-state index in [0.29, 0.717) is 6.07 Å². The number of carbonyl (C=O) groups excluding carboxylic acids is 1. The lowest BCUT2D eigenvalue weighted by atomic mass is 10.2. The second-order valence-electron chi connectivity index (χ2n) is 4.77. The Balaban J connectivity index is 1.81. The smallest absolute Gasteiger partial charge is 0.408 e. The van der Waals surface area contributed by atoms with Crippen molar-refractivity contribution in [3.63, 3.8) is 0 Å². The van der Waals surface area contributed by atoms with E-state index in [1.807, 2.05) is 6.07 Å². The highest BCUT2D eigenvalue weighted by molar-refractivity contribution is 5.68. The van der Waals surface area contributed by atoms with E-state index in [4.69, 9.17) is 14.7 Å². The number of hydrogen-bond donors (Lipinski definition) is 1. The maximum absolute atomic E-state index is 13.4. The Labute approximate surface area is 137 Å². The number of ether oxygens (including phenoxy) is 2. The number of carbonyl (C=O) groups is 1. The molecule has 1 N–H and O–H groups in total. The number of hydrogen-bond acceptors (Lipinski definition) is 4. The first-order valence-corrected chi connectivity index (χ1v) is 7.03. The van der Waals surface area contributed by atoms with Crippen molar-refractivity contribution in [2.24, 2.45) is 0 Å². The predicted octanol–water partition coefficient (Wildman–Crippen LogP) is 3.16. The van der Waals surface area contributed by atoms with Gasteiger partial charge in [-0.05, 0) is 17.7 Å². The van der Waals surface area contributed by atoms with E-state index in [-0.39, 0.29) is 19.0 Å². The van der Waals surface area contributed by atoms with Crippen molar-refractivity contribution in [2.45, 2.75) is 12.6 Å². The van der Waals surface area contributed by atoms with Gasteiger partial charge in [-0.3, -0.25) is 0 Å². The summed E-state index contributed by atoms with van der Waals surface area (Å²) in [6.07, 6.45) is -0.798. The van der Waals surface area contributed by atoms with Crippen molar-refractivity contribution in [1.82, 2.24) is 5.32 Å². The summed E-state index contributed by atoms with van der Waals surface area (Å²) < 4.78 is 36.2. The highest BCUT2D eigenvalue weighted by Gasteiger charge is 2.15. The molecule has 0 saturated carbocycles. The van der Waals surface area contributed by atoms with E-state index in [2.05, 4.69) is 5.32 Å². The van der Waals surface area contributed by atoms with Crippen LogP contribution in [0.2, 0.25) is 0 Å². The SMILES string of the molecule is N#CC(COc1ccc(F)cc1F)NC(=O)OCc1ccccc1. The average Bonchev–Trinajstić information content (AvgIpc) is 2.59. The number of rotatable bonds is 6. The first-order valence-electron chi connectivity index (χ1n) is 7.03. The molecule has 0 aliphatic rings. The molecule has 0 spiro atoms. The van der Waals surface area contributed by atoms with Crippen LogP contribution in [0.1, 0.15) is 5.56 Å². The van der Waals surface area contributed by atoms with Crippen LogP contribution in [-0.4, -0.2) is 18.7 Å². The molecule has 0 saturated heterocycles.